The summed E-state index contributed by atoms with van der Waals surface area (Å²) in [6.07, 6.45) is 6.98. The molecule has 1 aliphatic heterocycles. The van der Waals surface area contributed by atoms with Crippen LogP contribution in [0.3, 0.4) is 0 Å². The number of rotatable bonds is 3. The summed E-state index contributed by atoms with van der Waals surface area (Å²) in [6.45, 7) is 5.11. The first-order valence-corrected chi connectivity index (χ1v) is 8.78. The number of pyridine rings is 1. The molecule has 1 fully saturated rings. The number of benzene rings is 1. The molecule has 1 aliphatic rings. The van der Waals surface area contributed by atoms with Crippen molar-refractivity contribution in [1.82, 2.24) is 14.3 Å². The molecule has 4 rings (SSSR count). The van der Waals surface area contributed by atoms with Gasteiger partial charge in [0.1, 0.15) is 5.65 Å². The van der Waals surface area contributed by atoms with Crippen LogP contribution in [0, 0.1) is 0 Å². The number of carbonyl (C=O) groups excluding carboxylic acids is 1. The highest BCUT2D eigenvalue weighted by atomic mass is 35.5. The van der Waals surface area contributed by atoms with Crippen LogP contribution >= 0.6 is 11.6 Å². The Hall–Kier alpha value is -2.63. The van der Waals surface area contributed by atoms with Gasteiger partial charge in [0.05, 0.1) is 19.3 Å². The maximum Gasteiger partial charge on any atom is 0.246 e. The quantitative estimate of drug-likeness (QED) is 0.662. The molecule has 1 atom stereocenters. The van der Waals surface area contributed by atoms with Crippen molar-refractivity contribution < 1.29 is 9.53 Å². The van der Waals surface area contributed by atoms with Gasteiger partial charge in [-0.3, -0.25) is 4.79 Å². The van der Waals surface area contributed by atoms with E-state index in [1.165, 1.54) is 6.08 Å². The third kappa shape index (κ3) is 3.11. The van der Waals surface area contributed by atoms with Crippen LogP contribution in [0.25, 0.3) is 16.8 Å². The molecule has 1 amide bonds. The van der Waals surface area contributed by atoms with Crippen LogP contribution in [-0.4, -0.2) is 40.0 Å². The van der Waals surface area contributed by atoms with Crippen molar-refractivity contribution in [2.45, 2.75) is 6.04 Å². The zero-order chi connectivity index (χ0) is 18.1. The summed E-state index contributed by atoms with van der Waals surface area (Å²) in [5.74, 6) is -0.0985. The van der Waals surface area contributed by atoms with Crippen molar-refractivity contribution in [2.75, 3.05) is 19.8 Å². The molecule has 1 saturated heterocycles. The predicted octanol–water partition coefficient (Wildman–Crippen LogP) is 3.74. The number of fused-ring (bicyclic) bond motifs is 1. The van der Waals surface area contributed by atoms with E-state index in [0.717, 1.165) is 22.3 Å². The predicted molar refractivity (Wildman–Crippen MR) is 101 cm³/mol. The molecule has 0 radical (unpaired) electrons. The first kappa shape index (κ1) is 16.8. The minimum absolute atomic E-state index is 0.0985. The lowest BCUT2D eigenvalue weighted by Crippen LogP contribution is -2.42. The number of ether oxygens (including phenoxy) is 1. The number of halogens is 1. The Morgan fingerprint density at radius 2 is 2.15 bits per heavy atom. The highest BCUT2D eigenvalue weighted by Gasteiger charge is 2.27. The molecule has 26 heavy (non-hydrogen) atoms. The zero-order valence-corrected chi connectivity index (χ0v) is 14.9. The fourth-order valence-corrected chi connectivity index (χ4v) is 3.57. The van der Waals surface area contributed by atoms with Crippen LogP contribution in [0.4, 0.5) is 0 Å². The zero-order valence-electron chi connectivity index (χ0n) is 14.1. The molecule has 3 heterocycles. The molecule has 3 aromatic rings. The number of amides is 1. The molecule has 2 aromatic heterocycles. The van der Waals surface area contributed by atoms with E-state index in [1.807, 2.05) is 41.1 Å². The summed E-state index contributed by atoms with van der Waals surface area (Å²) in [7, 11) is 0. The lowest BCUT2D eigenvalue weighted by Gasteiger charge is -2.35. The number of carbonyl (C=O) groups is 1. The van der Waals surface area contributed by atoms with Crippen molar-refractivity contribution in [3.8, 4) is 11.1 Å². The Bertz CT molecular complexity index is 982. The lowest BCUT2D eigenvalue weighted by atomic mass is 9.98. The molecule has 0 bridgehead atoms. The maximum atomic E-state index is 12.2. The van der Waals surface area contributed by atoms with Gasteiger partial charge in [0.15, 0.2) is 0 Å². The lowest BCUT2D eigenvalue weighted by molar-refractivity contribution is -0.134. The standard InChI is InChI=1S/C20H18ClN3O2/c1-2-20(25)24-7-8-26-13-18(24)16-9-15(10-17(21)11-16)14-3-5-23-6-4-22-19(23)12-14/h2-6,9-12,18H,1,7-8,13H2. The smallest absolute Gasteiger partial charge is 0.246 e. The van der Waals surface area contributed by atoms with Gasteiger partial charge in [-0.2, -0.15) is 0 Å². The first-order valence-electron chi connectivity index (χ1n) is 8.40. The second kappa shape index (κ2) is 6.94. The molecular formula is C20H18ClN3O2. The molecule has 5 nitrogen and oxygen atoms in total. The van der Waals surface area contributed by atoms with E-state index < -0.39 is 0 Å². The molecule has 1 unspecified atom stereocenters. The van der Waals surface area contributed by atoms with Gasteiger partial charge in [0.2, 0.25) is 5.91 Å². The molecule has 0 spiro atoms. The van der Waals surface area contributed by atoms with Gasteiger partial charge >= 0.3 is 0 Å². The van der Waals surface area contributed by atoms with Crippen LogP contribution in [0.1, 0.15) is 11.6 Å². The van der Waals surface area contributed by atoms with E-state index in [2.05, 4.69) is 17.6 Å². The van der Waals surface area contributed by atoms with Crippen LogP contribution in [-0.2, 0) is 9.53 Å². The average Bonchev–Trinajstić information content (AvgIpc) is 3.14. The summed E-state index contributed by atoms with van der Waals surface area (Å²) >= 11 is 6.39. The number of morpholine rings is 1. The number of hydrogen-bond donors (Lipinski definition) is 0. The number of hydrogen-bond acceptors (Lipinski definition) is 3. The summed E-state index contributed by atoms with van der Waals surface area (Å²) < 4.78 is 7.56. The molecule has 0 aliphatic carbocycles. The van der Waals surface area contributed by atoms with Gasteiger partial charge in [0, 0.05) is 30.2 Å². The molecular weight excluding hydrogens is 350 g/mol. The Morgan fingerprint density at radius 1 is 1.27 bits per heavy atom. The molecule has 0 saturated carbocycles. The van der Waals surface area contributed by atoms with Crippen molar-refractivity contribution in [3.63, 3.8) is 0 Å². The maximum absolute atomic E-state index is 12.2. The highest BCUT2D eigenvalue weighted by Crippen LogP contribution is 2.32. The first-order chi connectivity index (χ1) is 12.7. The van der Waals surface area contributed by atoms with Crippen LogP contribution in [0.2, 0.25) is 5.02 Å². The molecule has 1 aromatic carbocycles. The van der Waals surface area contributed by atoms with Gasteiger partial charge < -0.3 is 14.0 Å². The summed E-state index contributed by atoms with van der Waals surface area (Å²) in [4.78, 5) is 18.3. The van der Waals surface area contributed by atoms with Crippen LogP contribution in [0.15, 0.2) is 61.6 Å². The van der Waals surface area contributed by atoms with Crippen molar-refractivity contribution in [3.05, 3.63) is 72.2 Å². The van der Waals surface area contributed by atoms with Crippen molar-refractivity contribution in [2.24, 2.45) is 0 Å². The highest BCUT2D eigenvalue weighted by molar-refractivity contribution is 6.31. The normalized spacial score (nSPS) is 17.4. The number of aromatic nitrogens is 2. The van der Waals surface area contributed by atoms with E-state index in [1.54, 1.807) is 11.1 Å². The average molecular weight is 368 g/mol. The Balaban J connectivity index is 1.75. The van der Waals surface area contributed by atoms with E-state index in [-0.39, 0.29) is 11.9 Å². The largest absolute Gasteiger partial charge is 0.377 e. The summed E-state index contributed by atoms with van der Waals surface area (Å²) in [5, 5.41) is 0.622. The Kier molecular flexibility index (Phi) is 4.49. The minimum Gasteiger partial charge on any atom is -0.377 e. The van der Waals surface area contributed by atoms with Gasteiger partial charge in [-0.25, -0.2) is 4.98 Å². The van der Waals surface area contributed by atoms with E-state index in [0.29, 0.717) is 24.8 Å². The fraction of sp³-hybridized carbons (Fsp3) is 0.200. The Labute approximate surface area is 156 Å². The van der Waals surface area contributed by atoms with Gasteiger partial charge in [0.25, 0.3) is 0 Å². The topological polar surface area (TPSA) is 46.8 Å². The van der Waals surface area contributed by atoms with Crippen LogP contribution < -0.4 is 0 Å². The van der Waals surface area contributed by atoms with Crippen LogP contribution in [0.5, 0.6) is 0 Å². The second-order valence-electron chi connectivity index (χ2n) is 6.21. The van der Waals surface area contributed by atoms with Crippen molar-refractivity contribution >= 4 is 23.2 Å². The third-order valence-corrected chi connectivity index (χ3v) is 4.84. The van der Waals surface area contributed by atoms with Gasteiger partial charge in [-0.1, -0.05) is 18.2 Å². The summed E-state index contributed by atoms with van der Waals surface area (Å²) in [6, 6.07) is 9.73. The molecule has 0 N–H and O–H groups in total. The van der Waals surface area contributed by atoms with Gasteiger partial charge in [-0.15, -0.1) is 0 Å². The Morgan fingerprint density at radius 3 is 3.00 bits per heavy atom. The number of imidazole rings is 1. The minimum atomic E-state index is -0.179. The number of nitrogens with zero attached hydrogens (tertiary/aromatic N) is 3. The second-order valence-corrected chi connectivity index (χ2v) is 6.64. The summed E-state index contributed by atoms with van der Waals surface area (Å²) in [5.41, 5.74) is 3.82. The monoisotopic (exact) mass is 367 g/mol. The molecule has 6 heteroatoms. The van der Waals surface area contributed by atoms with E-state index >= 15 is 0 Å². The van der Waals surface area contributed by atoms with E-state index in [9.17, 15) is 4.79 Å². The molecule has 132 valence electrons. The van der Waals surface area contributed by atoms with Crippen molar-refractivity contribution in [1.29, 1.82) is 0 Å². The van der Waals surface area contributed by atoms with E-state index in [4.69, 9.17) is 16.3 Å². The van der Waals surface area contributed by atoms with Gasteiger partial charge in [-0.05, 0) is 53.1 Å². The SMILES string of the molecule is C=CC(=O)N1CCOCC1c1cc(Cl)cc(-c2ccn3ccnc3c2)c1. The third-order valence-electron chi connectivity index (χ3n) is 4.62. The fourth-order valence-electron chi connectivity index (χ4n) is 3.32.